The molecule has 5 nitrogen and oxygen atoms in total. The number of rotatable bonds is 7. The van der Waals surface area contributed by atoms with Crippen LogP contribution < -0.4 is 10.2 Å². The molecule has 0 saturated carbocycles. The fourth-order valence-electron chi connectivity index (χ4n) is 3.52. The Hall–Kier alpha value is -1.83. The van der Waals surface area contributed by atoms with Gasteiger partial charge < -0.3 is 10.2 Å². The van der Waals surface area contributed by atoms with E-state index in [1.165, 1.54) is 41.8 Å². The number of nitrogens with zero attached hydrogens (tertiary/aromatic N) is 4. The van der Waals surface area contributed by atoms with E-state index in [9.17, 15) is 0 Å². The number of hydrogen-bond donors (Lipinski definition) is 1. The summed E-state index contributed by atoms with van der Waals surface area (Å²) in [5.41, 5.74) is 2.51. The lowest BCUT2D eigenvalue weighted by atomic mass is 10.2. The van der Waals surface area contributed by atoms with E-state index in [0.717, 1.165) is 36.4 Å². The number of nitrogens with one attached hydrogen (secondary N) is 1. The van der Waals surface area contributed by atoms with Crippen molar-refractivity contribution in [1.82, 2.24) is 20.1 Å². The van der Waals surface area contributed by atoms with Gasteiger partial charge in [-0.2, -0.15) is 0 Å². The molecular formula is C21H27N5S2. The maximum absolute atomic E-state index is 4.47. The second-order valence-corrected chi connectivity index (χ2v) is 8.90. The molecule has 0 aliphatic carbocycles. The summed E-state index contributed by atoms with van der Waals surface area (Å²) in [5.74, 6) is 0. The molecule has 0 spiro atoms. The van der Waals surface area contributed by atoms with Gasteiger partial charge in [-0.05, 0) is 48.9 Å². The molecular weight excluding hydrogens is 386 g/mol. The summed E-state index contributed by atoms with van der Waals surface area (Å²) >= 11 is 3.46. The normalized spacial score (nSPS) is 15.0. The molecule has 0 radical (unpaired) electrons. The molecule has 2 aromatic heterocycles. The topological polar surface area (TPSA) is 46.0 Å². The summed E-state index contributed by atoms with van der Waals surface area (Å²) in [7, 11) is 0. The van der Waals surface area contributed by atoms with Crippen LogP contribution in [0.4, 0.5) is 5.13 Å². The zero-order valence-electron chi connectivity index (χ0n) is 16.3. The lowest BCUT2D eigenvalue weighted by molar-refractivity contribution is 0.668. The predicted octanol–water partition coefficient (Wildman–Crippen LogP) is 4.72. The Morgan fingerprint density at radius 2 is 1.71 bits per heavy atom. The van der Waals surface area contributed by atoms with Gasteiger partial charge in [-0.25, -0.2) is 0 Å². The third-order valence-corrected chi connectivity index (χ3v) is 6.84. The molecule has 0 atom stereocenters. The van der Waals surface area contributed by atoms with Crippen molar-refractivity contribution >= 4 is 28.2 Å². The number of benzene rings is 1. The van der Waals surface area contributed by atoms with Gasteiger partial charge in [-0.15, -0.1) is 22.0 Å². The molecule has 3 aromatic rings. The maximum Gasteiger partial charge on any atom is 0.218 e. The highest BCUT2D eigenvalue weighted by molar-refractivity contribution is 7.98. The van der Waals surface area contributed by atoms with Crippen LogP contribution >= 0.6 is 23.1 Å². The van der Waals surface area contributed by atoms with Gasteiger partial charge in [0.05, 0.1) is 0 Å². The van der Waals surface area contributed by atoms with Crippen LogP contribution in [0, 0.1) is 0 Å². The third kappa shape index (κ3) is 4.77. The minimum atomic E-state index is 0.801. The first kappa shape index (κ1) is 19.5. The molecule has 1 N–H and O–H groups in total. The molecule has 28 heavy (non-hydrogen) atoms. The van der Waals surface area contributed by atoms with E-state index < -0.39 is 0 Å². The quantitative estimate of drug-likeness (QED) is 0.568. The summed E-state index contributed by atoms with van der Waals surface area (Å²) in [6.45, 7) is 3.86. The van der Waals surface area contributed by atoms with Crippen LogP contribution in [0.25, 0.3) is 5.13 Å². The molecule has 0 unspecified atom stereocenters. The molecule has 1 saturated heterocycles. The van der Waals surface area contributed by atoms with Gasteiger partial charge in [0.1, 0.15) is 0 Å². The summed E-state index contributed by atoms with van der Waals surface area (Å²) in [4.78, 5) is 3.70. The zero-order valence-corrected chi connectivity index (χ0v) is 17.9. The molecule has 0 amide bonds. The molecule has 1 fully saturated rings. The number of aromatic nitrogens is 3. The van der Waals surface area contributed by atoms with E-state index in [1.807, 2.05) is 0 Å². The van der Waals surface area contributed by atoms with Crippen molar-refractivity contribution < 1.29 is 0 Å². The minimum absolute atomic E-state index is 0.801. The van der Waals surface area contributed by atoms with Crippen molar-refractivity contribution in [3.8, 4) is 5.13 Å². The Bertz CT molecular complexity index is 863. The Labute approximate surface area is 175 Å². The SMILES string of the molecule is CSc1ccc(CNCc2cccn2-c2nnc(N3CCCCCC3)s2)cc1. The molecule has 1 aliphatic rings. The van der Waals surface area contributed by atoms with Gasteiger partial charge >= 0.3 is 0 Å². The van der Waals surface area contributed by atoms with E-state index >= 15 is 0 Å². The van der Waals surface area contributed by atoms with Crippen LogP contribution in [0.5, 0.6) is 0 Å². The Morgan fingerprint density at radius 3 is 2.46 bits per heavy atom. The zero-order chi connectivity index (χ0) is 19.2. The molecule has 1 aromatic carbocycles. The molecule has 7 heteroatoms. The maximum atomic E-state index is 4.47. The average molecular weight is 414 g/mol. The van der Waals surface area contributed by atoms with Crippen molar-refractivity contribution in [2.45, 2.75) is 43.7 Å². The van der Waals surface area contributed by atoms with Crippen LogP contribution in [-0.4, -0.2) is 34.1 Å². The second kappa shape index (κ2) is 9.58. The monoisotopic (exact) mass is 413 g/mol. The van der Waals surface area contributed by atoms with Crippen LogP contribution in [0.3, 0.4) is 0 Å². The van der Waals surface area contributed by atoms with E-state index in [-0.39, 0.29) is 0 Å². The van der Waals surface area contributed by atoms with Gasteiger partial charge in [0, 0.05) is 43.0 Å². The van der Waals surface area contributed by atoms with Crippen molar-refractivity contribution in [2.24, 2.45) is 0 Å². The summed E-state index contributed by atoms with van der Waals surface area (Å²) in [5, 5.41) is 14.5. The van der Waals surface area contributed by atoms with Gasteiger partial charge in [-0.3, -0.25) is 4.57 Å². The largest absolute Gasteiger partial charge is 0.347 e. The first-order chi connectivity index (χ1) is 13.8. The lowest BCUT2D eigenvalue weighted by Crippen LogP contribution is -2.23. The highest BCUT2D eigenvalue weighted by Crippen LogP contribution is 2.26. The molecule has 0 bridgehead atoms. The minimum Gasteiger partial charge on any atom is -0.347 e. The summed E-state index contributed by atoms with van der Waals surface area (Å²) < 4.78 is 2.16. The van der Waals surface area contributed by atoms with E-state index in [4.69, 9.17) is 0 Å². The first-order valence-electron chi connectivity index (χ1n) is 9.92. The van der Waals surface area contributed by atoms with Crippen LogP contribution in [0.1, 0.15) is 36.9 Å². The van der Waals surface area contributed by atoms with E-state index in [0.29, 0.717) is 0 Å². The second-order valence-electron chi connectivity index (χ2n) is 7.09. The molecule has 4 rings (SSSR count). The highest BCUT2D eigenvalue weighted by atomic mass is 32.2. The van der Waals surface area contributed by atoms with Gasteiger partial charge in [0.25, 0.3) is 0 Å². The van der Waals surface area contributed by atoms with Crippen LogP contribution in [0.15, 0.2) is 47.5 Å². The number of hydrogen-bond acceptors (Lipinski definition) is 6. The standard InChI is InChI=1S/C21H27N5S2/c1-27-19-10-8-17(9-11-19)15-22-16-18-7-6-14-26(18)21-24-23-20(28-21)25-12-4-2-3-5-13-25/h6-11,14,22H,2-5,12-13,15-16H2,1H3. The van der Waals surface area contributed by atoms with Crippen molar-refractivity contribution in [1.29, 1.82) is 0 Å². The van der Waals surface area contributed by atoms with Gasteiger partial charge in [0.2, 0.25) is 10.3 Å². The first-order valence-corrected chi connectivity index (χ1v) is 12.0. The Morgan fingerprint density at radius 1 is 0.964 bits per heavy atom. The van der Waals surface area contributed by atoms with Gasteiger partial charge in [0.15, 0.2) is 0 Å². The van der Waals surface area contributed by atoms with Crippen LogP contribution in [-0.2, 0) is 13.1 Å². The molecule has 3 heterocycles. The van der Waals surface area contributed by atoms with E-state index in [1.54, 1.807) is 23.1 Å². The fraction of sp³-hybridized carbons (Fsp3) is 0.429. The Kier molecular flexibility index (Phi) is 6.67. The number of anilines is 1. The lowest BCUT2D eigenvalue weighted by Gasteiger charge is -2.17. The van der Waals surface area contributed by atoms with Crippen molar-refractivity contribution in [3.63, 3.8) is 0 Å². The molecule has 148 valence electrons. The summed E-state index contributed by atoms with van der Waals surface area (Å²) in [6.07, 6.45) is 9.35. The van der Waals surface area contributed by atoms with E-state index in [2.05, 4.69) is 73.8 Å². The van der Waals surface area contributed by atoms with Crippen LogP contribution in [0.2, 0.25) is 0 Å². The Balaban J connectivity index is 1.38. The average Bonchev–Trinajstić information content (AvgIpc) is 3.31. The van der Waals surface area contributed by atoms with Crippen molar-refractivity contribution in [3.05, 3.63) is 53.9 Å². The third-order valence-electron chi connectivity index (χ3n) is 5.11. The van der Waals surface area contributed by atoms with Gasteiger partial charge in [-0.1, -0.05) is 36.3 Å². The number of thioether (sulfide) groups is 1. The highest BCUT2D eigenvalue weighted by Gasteiger charge is 2.16. The smallest absolute Gasteiger partial charge is 0.218 e. The fourth-order valence-corrected chi connectivity index (χ4v) is 4.84. The predicted molar refractivity (Wildman–Crippen MR) is 119 cm³/mol. The molecule has 1 aliphatic heterocycles. The van der Waals surface area contributed by atoms with Crippen molar-refractivity contribution in [2.75, 3.05) is 24.2 Å². The summed E-state index contributed by atoms with van der Waals surface area (Å²) in [6, 6.07) is 13.0.